The van der Waals surface area contributed by atoms with Gasteiger partial charge in [0.05, 0.1) is 6.61 Å². The number of ether oxygens (including phenoxy) is 1. The fourth-order valence-electron chi connectivity index (χ4n) is 1.95. The van der Waals surface area contributed by atoms with Crippen molar-refractivity contribution in [2.45, 2.75) is 13.0 Å². The number of carbonyl (C=O) groups is 1. The highest BCUT2D eigenvalue weighted by atomic mass is 19.1. The minimum Gasteiger partial charge on any atom is -0.391 e. The van der Waals surface area contributed by atoms with Crippen LogP contribution in [0.25, 0.3) is 5.57 Å². The molecule has 0 saturated heterocycles. The number of carbonyl (C=O) groups excluding carboxylic acids is 1. The molecule has 6 heteroatoms. The molecule has 1 heterocycles. The maximum Gasteiger partial charge on any atom is 0.251 e. The van der Waals surface area contributed by atoms with Crippen LogP contribution in [0.1, 0.15) is 22.8 Å². The van der Waals surface area contributed by atoms with E-state index in [1.807, 2.05) is 6.92 Å². The summed E-state index contributed by atoms with van der Waals surface area (Å²) in [5, 5.41) is 2.78. The first-order chi connectivity index (χ1) is 10.1. The van der Waals surface area contributed by atoms with Crippen molar-refractivity contribution < 1.29 is 18.8 Å². The van der Waals surface area contributed by atoms with E-state index in [2.05, 4.69) is 10.8 Å². The van der Waals surface area contributed by atoms with Crippen LogP contribution in [-0.4, -0.2) is 25.7 Å². The van der Waals surface area contributed by atoms with Crippen molar-refractivity contribution in [3.05, 3.63) is 53.7 Å². The van der Waals surface area contributed by atoms with Crippen molar-refractivity contribution >= 4 is 11.5 Å². The second-order valence-electron chi connectivity index (χ2n) is 4.66. The summed E-state index contributed by atoms with van der Waals surface area (Å²) in [6.45, 7) is 2.24. The number of hydrogen-bond acceptors (Lipinski definition) is 4. The van der Waals surface area contributed by atoms with Crippen molar-refractivity contribution in [2.75, 3.05) is 13.7 Å². The van der Waals surface area contributed by atoms with E-state index in [-0.39, 0.29) is 11.9 Å². The van der Waals surface area contributed by atoms with E-state index in [0.717, 1.165) is 0 Å². The predicted molar refractivity (Wildman–Crippen MR) is 76.5 cm³/mol. The molecule has 1 aliphatic rings. The molecule has 0 spiro atoms. The summed E-state index contributed by atoms with van der Waals surface area (Å²) in [7, 11) is 1.57. The molecule has 5 nitrogen and oxygen atoms in total. The minimum absolute atomic E-state index is 0.125. The maximum absolute atomic E-state index is 13.9. The molecule has 1 atom stereocenters. The number of halogens is 1. The van der Waals surface area contributed by atoms with Gasteiger partial charge in [0, 0.05) is 36.1 Å². The van der Waals surface area contributed by atoms with Gasteiger partial charge in [0.2, 0.25) is 0 Å². The highest BCUT2D eigenvalue weighted by Gasteiger charge is 2.14. The zero-order valence-corrected chi connectivity index (χ0v) is 11.9. The molecule has 0 saturated carbocycles. The molecule has 1 amide bonds. The van der Waals surface area contributed by atoms with Crippen molar-refractivity contribution in [1.29, 1.82) is 0 Å². The van der Waals surface area contributed by atoms with Crippen LogP contribution in [0, 0.1) is 5.82 Å². The molecule has 0 fully saturated rings. The Labute approximate surface area is 122 Å². The topological polar surface area (TPSA) is 59.6 Å². The Balaban J connectivity index is 2.20. The van der Waals surface area contributed by atoms with E-state index in [1.165, 1.54) is 30.7 Å². The van der Waals surface area contributed by atoms with E-state index in [0.29, 0.717) is 23.3 Å². The van der Waals surface area contributed by atoms with Gasteiger partial charge < -0.3 is 14.9 Å². The Morgan fingerprint density at radius 3 is 3.00 bits per heavy atom. The molecule has 112 valence electrons. The fraction of sp³-hybridized carbons (Fsp3) is 0.267. The van der Waals surface area contributed by atoms with Gasteiger partial charge in [-0.2, -0.15) is 0 Å². The molecule has 0 aromatic heterocycles. The van der Waals surface area contributed by atoms with E-state index in [1.54, 1.807) is 13.2 Å². The van der Waals surface area contributed by atoms with Crippen molar-refractivity contribution in [1.82, 2.24) is 10.8 Å². The van der Waals surface area contributed by atoms with Crippen molar-refractivity contribution in [3.63, 3.8) is 0 Å². The Hall–Kier alpha value is -2.34. The quantitative estimate of drug-likeness (QED) is 0.871. The second-order valence-corrected chi connectivity index (χ2v) is 4.66. The summed E-state index contributed by atoms with van der Waals surface area (Å²) < 4.78 is 18.9. The molecule has 1 aromatic rings. The summed E-state index contributed by atoms with van der Waals surface area (Å²) in [5.74, 6) is -0.679. The Kier molecular flexibility index (Phi) is 4.94. The maximum atomic E-state index is 13.9. The third-order valence-electron chi connectivity index (χ3n) is 2.93. The van der Waals surface area contributed by atoms with E-state index >= 15 is 0 Å². The average molecular weight is 292 g/mol. The van der Waals surface area contributed by atoms with Gasteiger partial charge in [-0.3, -0.25) is 4.79 Å². The lowest BCUT2D eigenvalue weighted by molar-refractivity contribution is 0.0905. The Morgan fingerprint density at radius 1 is 1.52 bits per heavy atom. The monoisotopic (exact) mass is 292 g/mol. The van der Waals surface area contributed by atoms with Crippen LogP contribution in [0.15, 0.2) is 36.7 Å². The minimum atomic E-state index is -0.406. The normalized spacial score (nSPS) is 14.7. The molecule has 0 bridgehead atoms. The van der Waals surface area contributed by atoms with Crippen LogP contribution in [0.2, 0.25) is 0 Å². The smallest absolute Gasteiger partial charge is 0.251 e. The third-order valence-corrected chi connectivity index (χ3v) is 2.93. The molecule has 0 radical (unpaired) electrons. The number of benzene rings is 1. The molecule has 1 aromatic carbocycles. The molecule has 0 unspecified atom stereocenters. The highest BCUT2D eigenvalue weighted by Crippen LogP contribution is 2.22. The van der Waals surface area contributed by atoms with Crippen LogP contribution in [0.4, 0.5) is 4.39 Å². The lowest BCUT2D eigenvalue weighted by Gasteiger charge is -2.14. The van der Waals surface area contributed by atoms with Gasteiger partial charge >= 0.3 is 0 Å². The number of rotatable bonds is 5. The van der Waals surface area contributed by atoms with E-state index in [9.17, 15) is 9.18 Å². The summed E-state index contributed by atoms with van der Waals surface area (Å²) in [6.07, 6.45) is 4.54. The molecular weight excluding hydrogens is 275 g/mol. The van der Waals surface area contributed by atoms with Crippen LogP contribution in [0.3, 0.4) is 0 Å². The number of hydrogen-bond donors (Lipinski definition) is 2. The predicted octanol–water partition coefficient (Wildman–Crippen LogP) is 1.98. The van der Waals surface area contributed by atoms with Crippen LogP contribution < -0.4 is 10.8 Å². The number of allylic oxidation sites excluding steroid dienone is 2. The third kappa shape index (κ3) is 3.82. The number of amides is 1. The molecular formula is C15H17FN2O3. The number of nitrogens with one attached hydrogen (secondary N) is 2. The standard InChI is InChI=1S/C15H17FN2O3/c1-10(9-20-2)18-15(19)11-3-4-14(16)13(7-11)12-5-6-21-17-8-12/h3-8,10,17H,9H2,1-2H3,(H,18,19)/t10-/m0/s1. The Morgan fingerprint density at radius 2 is 2.33 bits per heavy atom. The molecule has 21 heavy (non-hydrogen) atoms. The summed E-state index contributed by atoms with van der Waals surface area (Å²) in [5.41, 5.74) is 3.83. The number of hydroxylamine groups is 1. The van der Waals surface area contributed by atoms with E-state index < -0.39 is 5.82 Å². The highest BCUT2D eigenvalue weighted by molar-refractivity contribution is 5.95. The zero-order chi connectivity index (χ0) is 15.2. The van der Waals surface area contributed by atoms with Gasteiger partial charge in [0.1, 0.15) is 12.1 Å². The lowest BCUT2D eigenvalue weighted by Crippen LogP contribution is -2.35. The summed E-state index contributed by atoms with van der Waals surface area (Å²) in [4.78, 5) is 16.9. The SMILES string of the molecule is COC[C@H](C)NC(=O)c1ccc(F)c(C2=CNOC=C2)c1. The van der Waals surface area contributed by atoms with Gasteiger partial charge in [-0.1, -0.05) is 0 Å². The zero-order valence-electron chi connectivity index (χ0n) is 11.9. The van der Waals surface area contributed by atoms with Crippen LogP contribution in [0.5, 0.6) is 0 Å². The van der Waals surface area contributed by atoms with Crippen molar-refractivity contribution in [3.8, 4) is 0 Å². The summed E-state index contributed by atoms with van der Waals surface area (Å²) >= 11 is 0. The first-order valence-corrected chi connectivity index (χ1v) is 6.49. The van der Waals surface area contributed by atoms with E-state index in [4.69, 9.17) is 9.57 Å². The largest absolute Gasteiger partial charge is 0.391 e. The van der Waals surface area contributed by atoms with Gasteiger partial charge in [-0.15, -0.1) is 0 Å². The number of methoxy groups -OCH3 is 1. The van der Waals surface area contributed by atoms with Gasteiger partial charge in [0.15, 0.2) is 0 Å². The first kappa shape index (κ1) is 15.1. The van der Waals surface area contributed by atoms with Gasteiger partial charge in [-0.05, 0) is 31.2 Å². The molecule has 1 aliphatic heterocycles. The molecule has 2 rings (SSSR count). The van der Waals surface area contributed by atoms with Crippen molar-refractivity contribution in [2.24, 2.45) is 0 Å². The Bertz CT molecular complexity index is 584. The fourth-order valence-corrected chi connectivity index (χ4v) is 1.95. The first-order valence-electron chi connectivity index (χ1n) is 6.49. The molecule has 2 N–H and O–H groups in total. The summed E-state index contributed by atoms with van der Waals surface area (Å²) in [6, 6.07) is 4.10. The second kappa shape index (κ2) is 6.90. The average Bonchev–Trinajstić information content (AvgIpc) is 2.48. The molecule has 0 aliphatic carbocycles. The van der Waals surface area contributed by atoms with Gasteiger partial charge in [0.25, 0.3) is 5.91 Å². The van der Waals surface area contributed by atoms with Crippen LogP contribution >= 0.6 is 0 Å². The van der Waals surface area contributed by atoms with Gasteiger partial charge in [-0.25, -0.2) is 9.87 Å². The van der Waals surface area contributed by atoms with Crippen LogP contribution in [-0.2, 0) is 9.57 Å². The lowest BCUT2D eigenvalue weighted by atomic mass is 10.0.